The van der Waals surface area contributed by atoms with Crippen LogP contribution < -0.4 is 10.8 Å². The first-order valence-electron chi connectivity index (χ1n) is 11.7. The van der Waals surface area contributed by atoms with Crippen LogP contribution in [0.4, 0.5) is 0 Å². The summed E-state index contributed by atoms with van der Waals surface area (Å²) in [5.74, 6) is -1.67. The molecule has 28 heavy (non-hydrogen) atoms. The number of hydrogen-bond donors (Lipinski definition) is 1. The standard InChI is InChI=1S/C23H45NO4/c1-3-5-7-8-9-10-11-12-13-14-15-17-20(16-6-4-2)28-23(27)21(24)18-19-22(25)26/h20-21H,3-19,24H2,1-2H3,(H,25,26)/p-1/t20?,21-/m0/s1. The third kappa shape index (κ3) is 17.0. The summed E-state index contributed by atoms with van der Waals surface area (Å²) in [4.78, 5) is 22.6. The first-order valence-corrected chi connectivity index (χ1v) is 11.7. The highest BCUT2D eigenvalue weighted by Gasteiger charge is 2.19. The van der Waals surface area contributed by atoms with E-state index in [9.17, 15) is 14.7 Å². The Morgan fingerprint density at radius 3 is 1.71 bits per heavy atom. The van der Waals surface area contributed by atoms with Crippen LogP contribution in [0.1, 0.15) is 123 Å². The van der Waals surface area contributed by atoms with E-state index in [-0.39, 0.29) is 18.9 Å². The van der Waals surface area contributed by atoms with Crippen LogP contribution in [0.5, 0.6) is 0 Å². The van der Waals surface area contributed by atoms with Crippen LogP contribution in [0.25, 0.3) is 0 Å². The summed E-state index contributed by atoms with van der Waals surface area (Å²) in [6.45, 7) is 4.37. The Bertz CT molecular complexity index is 387. The van der Waals surface area contributed by atoms with Gasteiger partial charge in [0.2, 0.25) is 0 Å². The lowest BCUT2D eigenvalue weighted by Crippen LogP contribution is -2.36. The van der Waals surface area contributed by atoms with E-state index in [2.05, 4.69) is 13.8 Å². The van der Waals surface area contributed by atoms with Crippen molar-refractivity contribution in [3.63, 3.8) is 0 Å². The molecule has 0 aliphatic heterocycles. The molecule has 0 aliphatic rings. The number of ether oxygens (including phenoxy) is 1. The van der Waals surface area contributed by atoms with Crippen LogP contribution in [0, 0.1) is 0 Å². The van der Waals surface area contributed by atoms with Gasteiger partial charge in [-0.3, -0.25) is 4.79 Å². The highest BCUT2D eigenvalue weighted by molar-refractivity contribution is 5.76. The van der Waals surface area contributed by atoms with Crippen LogP contribution in [0.3, 0.4) is 0 Å². The summed E-state index contributed by atoms with van der Waals surface area (Å²) in [5, 5.41) is 10.5. The Morgan fingerprint density at radius 2 is 1.21 bits per heavy atom. The minimum Gasteiger partial charge on any atom is -0.550 e. The molecule has 0 spiro atoms. The van der Waals surface area contributed by atoms with Gasteiger partial charge in [-0.2, -0.15) is 0 Å². The number of rotatable bonds is 20. The second-order valence-electron chi connectivity index (χ2n) is 8.04. The molecule has 0 rings (SSSR count). The number of carbonyl (C=O) groups excluding carboxylic acids is 2. The lowest BCUT2D eigenvalue weighted by Gasteiger charge is -2.20. The number of hydrogen-bond acceptors (Lipinski definition) is 5. The Hall–Kier alpha value is -1.10. The summed E-state index contributed by atoms with van der Waals surface area (Å²) < 4.78 is 5.56. The highest BCUT2D eigenvalue weighted by Crippen LogP contribution is 2.17. The van der Waals surface area contributed by atoms with E-state index in [0.717, 1.165) is 32.1 Å². The number of carbonyl (C=O) groups is 2. The molecule has 0 aromatic heterocycles. The predicted octanol–water partition coefficient (Wildman–Crippen LogP) is 4.65. The predicted molar refractivity (Wildman–Crippen MR) is 113 cm³/mol. The Balaban J connectivity index is 3.87. The molecule has 166 valence electrons. The van der Waals surface area contributed by atoms with Gasteiger partial charge in [0.1, 0.15) is 12.1 Å². The lowest BCUT2D eigenvalue weighted by atomic mass is 10.0. The number of esters is 1. The van der Waals surface area contributed by atoms with Crippen LogP contribution in [-0.2, 0) is 14.3 Å². The smallest absolute Gasteiger partial charge is 0.323 e. The molecule has 0 amide bonds. The molecule has 0 heterocycles. The van der Waals surface area contributed by atoms with Crippen LogP contribution in [0.2, 0.25) is 0 Å². The van der Waals surface area contributed by atoms with Crippen LogP contribution in [0.15, 0.2) is 0 Å². The van der Waals surface area contributed by atoms with E-state index in [1.165, 1.54) is 64.2 Å². The van der Waals surface area contributed by atoms with Crippen LogP contribution in [-0.4, -0.2) is 24.1 Å². The van der Waals surface area contributed by atoms with Gasteiger partial charge in [0, 0.05) is 5.97 Å². The topological polar surface area (TPSA) is 92.5 Å². The number of unbranched alkanes of at least 4 members (excludes halogenated alkanes) is 11. The van der Waals surface area contributed by atoms with Crippen molar-refractivity contribution >= 4 is 11.9 Å². The van der Waals surface area contributed by atoms with E-state index in [1.54, 1.807) is 0 Å². The molecule has 0 saturated heterocycles. The highest BCUT2D eigenvalue weighted by atomic mass is 16.5. The normalized spacial score (nSPS) is 13.2. The molecule has 0 radical (unpaired) electrons. The lowest BCUT2D eigenvalue weighted by molar-refractivity contribution is -0.305. The molecule has 0 bridgehead atoms. The maximum Gasteiger partial charge on any atom is 0.323 e. The zero-order valence-electron chi connectivity index (χ0n) is 18.4. The van der Waals surface area contributed by atoms with Gasteiger partial charge in [0.25, 0.3) is 0 Å². The summed E-state index contributed by atoms with van der Waals surface area (Å²) in [5.41, 5.74) is 5.74. The molecule has 5 nitrogen and oxygen atoms in total. The van der Waals surface area contributed by atoms with Gasteiger partial charge < -0.3 is 20.4 Å². The molecule has 0 aromatic rings. The van der Waals surface area contributed by atoms with Crippen LogP contribution >= 0.6 is 0 Å². The minimum atomic E-state index is -1.19. The largest absolute Gasteiger partial charge is 0.550 e. The molecule has 0 fully saturated rings. The van der Waals surface area contributed by atoms with Crippen molar-refractivity contribution in [2.75, 3.05) is 0 Å². The van der Waals surface area contributed by atoms with Gasteiger partial charge in [-0.05, 0) is 32.1 Å². The number of aliphatic carboxylic acids is 1. The fourth-order valence-corrected chi connectivity index (χ4v) is 3.37. The molecular formula is C23H44NO4-. The molecule has 0 aromatic carbocycles. The molecule has 2 atom stereocenters. The maximum absolute atomic E-state index is 12.1. The van der Waals surface area contributed by atoms with Gasteiger partial charge in [-0.25, -0.2) is 0 Å². The van der Waals surface area contributed by atoms with E-state index in [0.29, 0.717) is 0 Å². The zero-order valence-corrected chi connectivity index (χ0v) is 18.4. The average molecular weight is 399 g/mol. The molecule has 2 N–H and O–H groups in total. The fourth-order valence-electron chi connectivity index (χ4n) is 3.37. The summed E-state index contributed by atoms with van der Waals surface area (Å²) in [6.07, 6.45) is 17.8. The van der Waals surface area contributed by atoms with Gasteiger partial charge in [-0.1, -0.05) is 90.9 Å². The Kier molecular flexibility index (Phi) is 18.5. The summed E-state index contributed by atoms with van der Waals surface area (Å²) >= 11 is 0. The van der Waals surface area contributed by atoms with Gasteiger partial charge >= 0.3 is 5.97 Å². The third-order valence-corrected chi connectivity index (χ3v) is 5.25. The Labute approximate surface area is 172 Å². The second kappa shape index (κ2) is 19.2. The van der Waals surface area contributed by atoms with Crippen molar-refractivity contribution in [1.29, 1.82) is 0 Å². The summed E-state index contributed by atoms with van der Waals surface area (Å²) in [6, 6.07) is -0.876. The first kappa shape index (κ1) is 26.9. The third-order valence-electron chi connectivity index (χ3n) is 5.25. The monoisotopic (exact) mass is 398 g/mol. The van der Waals surface area contributed by atoms with Gasteiger partial charge in [0.15, 0.2) is 0 Å². The second-order valence-corrected chi connectivity index (χ2v) is 8.04. The van der Waals surface area contributed by atoms with E-state index >= 15 is 0 Å². The van der Waals surface area contributed by atoms with Crippen molar-refractivity contribution in [2.45, 2.75) is 135 Å². The molecule has 5 heteroatoms. The first-order chi connectivity index (χ1) is 13.5. The summed E-state index contributed by atoms with van der Waals surface area (Å²) in [7, 11) is 0. The molecule has 1 unspecified atom stereocenters. The molecular weight excluding hydrogens is 354 g/mol. The van der Waals surface area contributed by atoms with E-state index in [1.807, 2.05) is 0 Å². The SMILES string of the molecule is CCCCCCCCCCCCCC(CCCC)OC(=O)[C@@H](N)CCC(=O)[O-]. The van der Waals surface area contributed by atoms with Crippen molar-refractivity contribution in [1.82, 2.24) is 0 Å². The number of carboxylic acid groups (broad SMARTS) is 1. The van der Waals surface area contributed by atoms with Crippen molar-refractivity contribution in [2.24, 2.45) is 5.73 Å². The number of carboxylic acids is 1. The molecule has 0 aliphatic carbocycles. The number of nitrogens with two attached hydrogens (primary N) is 1. The van der Waals surface area contributed by atoms with Crippen molar-refractivity contribution in [3.8, 4) is 0 Å². The Morgan fingerprint density at radius 1 is 0.750 bits per heavy atom. The quantitative estimate of drug-likeness (QED) is 0.238. The maximum atomic E-state index is 12.1. The molecule has 0 saturated carbocycles. The van der Waals surface area contributed by atoms with E-state index in [4.69, 9.17) is 10.5 Å². The average Bonchev–Trinajstić information content (AvgIpc) is 2.67. The van der Waals surface area contributed by atoms with Crippen molar-refractivity contribution < 1.29 is 19.4 Å². The fraction of sp³-hybridized carbons (Fsp3) is 0.913. The van der Waals surface area contributed by atoms with Gasteiger partial charge in [-0.15, -0.1) is 0 Å². The zero-order chi connectivity index (χ0) is 21.0. The van der Waals surface area contributed by atoms with Crippen molar-refractivity contribution in [3.05, 3.63) is 0 Å². The van der Waals surface area contributed by atoms with E-state index < -0.39 is 18.0 Å². The minimum absolute atomic E-state index is 0.0696. The van der Waals surface area contributed by atoms with Gasteiger partial charge in [0.05, 0.1) is 0 Å².